The maximum Gasteiger partial charge on any atom is 0.419 e. The molecule has 2 aromatic carbocycles. The molecule has 0 saturated carbocycles. The van der Waals surface area contributed by atoms with Crippen molar-refractivity contribution in [1.82, 2.24) is 5.32 Å². The van der Waals surface area contributed by atoms with Crippen molar-refractivity contribution in [2.24, 2.45) is 0 Å². The van der Waals surface area contributed by atoms with E-state index in [1.54, 1.807) is 13.1 Å². The molecule has 1 atom stereocenters. The fourth-order valence-electron chi connectivity index (χ4n) is 2.15. The quantitative estimate of drug-likeness (QED) is 0.834. The monoisotopic (exact) mass is 301 g/mol. The largest absolute Gasteiger partial charge is 0.419 e. The van der Waals surface area contributed by atoms with Crippen molar-refractivity contribution in [2.75, 3.05) is 7.05 Å². The van der Waals surface area contributed by atoms with E-state index in [4.69, 9.17) is 0 Å². The molecular weight excluding hydrogens is 289 g/mol. The molecule has 1 unspecified atom stereocenters. The first-order valence-corrected chi connectivity index (χ1v) is 6.12. The summed E-state index contributed by atoms with van der Waals surface area (Å²) in [4.78, 5) is 0. The summed E-state index contributed by atoms with van der Waals surface area (Å²) in [6, 6.07) is 7.67. The SMILES string of the molecule is CNC(c1cccc(F)c1)c1ccc(C(F)(F)F)c(F)c1. The number of benzene rings is 2. The highest BCUT2D eigenvalue weighted by Gasteiger charge is 2.34. The number of rotatable bonds is 3. The zero-order valence-electron chi connectivity index (χ0n) is 11.0. The molecule has 1 nitrogen and oxygen atoms in total. The van der Waals surface area contributed by atoms with Crippen LogP contribution in [0.4, 0.5) is 22.0 Å². The Morgan fingerprint density at radius 2 is 1.62 bits per heavy atom. The van der Waals surface area contributed by atoms with Gasteiger partial charge in [-0.3, -0.25) is 0 Å². The van der Waals surface area contributed by atoms with Crippen LogP contribution in [0.25, 0.3) is 0 Å². The fourth-order valence-corrected chi connectivity index (χ4v) is 2.15. The lowest BCUT2D eigenvalue weighted by Gasteiger charge is -2.18. The summed E-state index contributed by atoms with van der Waals surface area (Å²) < 4.78 is 64.4. The third-order valence-corrected chi connectivity index (χ3v) is 3.10. The second-order valence-electron chi connectivity index (χ2n) is 4.51. The van der Waals surface area contributed by atoms with E-state index in [0.29, 0.717) is 11.6 Å². The van der Waals surface area contributed by atoms with E-state index in [-0.39, 0.29) is 5.56 Å². The molecule has 0 fully saturated rings. The van der Waals surface area contributed by atoms with Crippen LogP contribution in [-0.2, 0) is 6.18 Å². The lowest BCUT2D eigenvalue weighted by Crippen LogP contribution is -2.19. The summed E-state index contributed by atoms with van der Waals surface area (Å²) in [5.74, 6) is -1.82. The predicted octanol–water partition coefficient (Wildman–Crippen LogP) is 4.29. The Kier molecular flexibility index (Phi) is 4.27. The van der Waals surface area contributed by atoms with Crippen LogP contribution < -0.4 is 5.32 Å². The molecule has 2 aromatic rings. The molecule has 0 aliphatic carbocycles. The van der Waals surface area contributed by atoms with Gasteiger partial charge >= 0.3 is 6.18 Å². The standard InChI is InChI=1S/C15H12F5N/c1-21-14(9-3-2-4-11(16)7-9)10-5-6-12(13(17)8-10)15(18,19)20/h2-8,14,21H,1H3. The smallest absolute Gasteiger partial charge is 0.309 e. The third kappa shape index (κ3) is 3.39. The summed E-state index contributed by atoms with van der Waals surface area (Å²) in [6.45, 7) is 0. The van der Waals surface area contributed by atoms with E-state index in [9.17, 15) is 22.0 Å². The average Bonchev–Trinajstić information content (AvgIpc) is 2.38. The molecule has 112 valence electrons. The molecule has 0 aromatic heterocycles. The highest BCUT2D eigenvalue weighted by molar-refractivity contribution is 5.35. The van der Waals surface area contributed by atoms with E-state index in [0.717, 1.165) is 6.07 Å². The first-order chi connectivity index (χ1) is 9.82. The van der Waals surface area contributed by atoms with Crippen molar-refractivity contribution in [1.29, 1.82) is 0 Å². The van der Waals surface area contributed by atoms with Gasteiger partial charge in [0.1, 0.15) is 11.6 Å². The van der Waals surface area contributed by atoms with E-state index >= 15 is 0 Å². The highest BCUT2D eigenvalue weighted by Crippen LogP contribution is 2.33. The zero-order valence-corrected chi connectivity index (χ0v) is 11.0. The Hall–Kier alpha value is -1.95. The molecule has 0 saturated heterocycles. The normalized spacial score (nSPS) is 13.2. The van der Waals surface area contributed by atoms with Crippen LogP contribution in [0.15, 0.2) is 42.5 Å². The lowest BCUT2D eigenvalue weighted by molar-refractivity contribution is -0.140. The Balaban J connectivity index is 2.42. The number of nitrogens with one attached hydrogen (secondary N) is 1. The van der Waals surface area contributed by atoms with Crippen molar-refractivity contribution >= 4 is 0 Å². The number of hydrogen-bond acceptors (Lipinski definition) is 1. The van der Waals surface area contributed by atoms with Crippen molar-refractivity contribution < 1.29 is 22.0 Å². The molecule has 0 heterocycles. The van der Waals surface area contributed by atoms with Gasteiger partial charge in [0, 0.05) is 0 Å². The van der Waals surface area contributed by atoms with Crippen LogP contribution in [-0.4, -0.2) is 7.05 Å². The van der Waals surface area contributed by atoms with E-state index in [1.807, 2.05) is 0 Å². The second-order valence-corrected chi connectivity index (χ2v) is 4.51. The molecule has 0 spiro atoms. The number of halogens is 5. The number of hydrogen-bond donors (Lipinski definition) is 1. The first-order valence-electron chi connectivity index (χ1n) is 6.12. The van der Waals surface area contributed by atoms with Gasteiger partial charge in [0.2, 0.25) is 0 Å². The Morgan fingerprint density at radius 3 is 2.14 bits per heavy atom. The maximum absolute atomic E-state index is 13.6. The third-order valence-electron chi connectivity index (χ3n) is 3.10. The molecule has 21 heavy (non-hydrogen) atoms. The minimum absolute atomic E-state index is 0.286. The van der Waals surface area contributed by atoms with Gasteiger partial charge in [0.25, 0.3) is 0 Å². The van der Waals surface area contributed by atoms with E-state index in [2.05, 4.69) is 5.32 Å². The summed E-state index contributed by atoms with van der Waals surface area (Å²) >= 11 is 0. The van der Waals surface area contributed by atoms with Crippen LogP contribution in [0.5, 0.6) is 0 Å². The molecule has 0 amide bonds. The summed E-state index contributed by atoms with van der Waals surface area (Å²) in [7, 11) is 1.56. The molecule has 0 bridgehead atoms. The van der Waals surface area contributed by atoms with E-state index in [1.165, 1.54) is 24.3 Å². The van der Waals surface area contributed by atoms with Crippen LogP contribution in [0.1, 0.15) is 22.7 Å². The van der Waals surface area contributed by atoms with Gasteiger partial charge in [0.15, 0.2) is 0 Å². The molecule has 6 heteroatoms. The minimum atomic E-state index is -4.74. The van der Waals surface area contributed by atoms with Gasteiger partial charge in [-0.2, -0.15) is 13.2 Å². The molecule has 1 N–H and O–H groups in total. The number of alkyl halides is 3. The molecule has 0 radical (unpaired) electrons. The van der Waals surface area contributed by atoms with Crippen LogP contribution in [0.3, 0.4) is 0 Å². The van der Waals surface area contributed by atoms with Crippen LogP contribution in [0, 0.1) is 11.6 Å². The molecule has 0 aliphatic rings. The van der Waals surface area contributed by atoms with Crippen molar-refractivity contribution in [2.45, 2.75) is 12.2 Å². The van der Waals surface area contributed by atoms with Crippen molar-refractivity contribution in [3.8, 4) is 0 Å². The van der Waals surface area contributed by atoms with Crippen LogP contribution in [0.2, 0.25) is 0 Å². The zero-order chi connectivity index (χ0) is 15.6. The van der Waals surface area contributed by atoms with Gasteiger partial charge in [-0.1, -0.05) is 18.2 Å². The molecule has 2 rings (SSSR count). The van der Waals surface area contributed by atoms with E-state index < -0.39 is 29.4 Å². The van der Waals surface area contributed by atoms with Gasteiger partial charge in [-0.05, 0) is 42.4 Å². The Labute approximate surface area is 118 Å². The van der Waals surface area contributed by atoms with Gasteiger partial charge in [0.05, 0.1) is 11.6 Å². The maximum atomic E-state index is 13.6. The van der Waals surface area contributed by atoms with Crippen LogP contribution >= 0.6 is 0 Å². The van der Waals surface area contributed by atoms with Crippen molar-refractivity contribution in [3.05, 3.63) is 70.8 Å². The molecule has 0 aliphatic heterocycles. The summed E-state index contributed by atoms with van der Waals surface area (Å²) in [5.41, 5.74) is -0.536. The lowest BCUT2D eigenvalue weighted by atomic mass is 9.97. The predicted molar refractivity (Wildman–Crippen MR) is 68.7 cm³/mol. The van der Waals surface area contributed by atoms with Crippen molar-refractivity contribution in [3.63, 3.8) is 0 Å². The Bertz CT molecular complexity index is 636. The second kappa shape index (κ2) is 5.81. The van der Waals surface area contributed by atoms with Gasteiger partial charge < -0.3 is 5.32 Å². The topological polar surface area (TPSA) is 12.0 Å². The van der Waals surface area contributed by atoms with Gasteiger partial charge in [-0.25, -0.2) is 8.78 Å². The molecular formula is C15H12F5N. The minimum Gasteiger partial charge on any atom is -0.309 e. The first kappa shape index (κ1) is 15.4. The summed E-state index contributed by atoms with van der Waals surface area (Å²) in [5, 5.41) is 2.83. The van der Waals surface area contributed by atoms with Gasteiger partial charge in [-0.15, -0.1) is 0 Å². The fraction of sp³-hybridized carbons (Fsp3) is 0.200. The highest BCUT2D eigenvalue weighted by atomic mass is 19.4. The average molecular weight is 301 g/mol. The summed E-state index contributed by atoms with van der Waals surface area (Å²) in [6.07, 6.45) is -4.74. The Morgan fingerprint density at radius 1 is 0.952 bits per heavy atom.